The molecule has 22 heavy (non-hydrogen) atoms. The maximum absolute atomic E-state index is 12.1. The van der Waals surface area contributed by atoms with Crippen molar-refractivity contribution in [3.05, 3.63) is 0 Å². The molecule has 1 aliphatic carbocycles. The van der Waals surface area contributed by atoms with Crippen LogP contribution in [0.1, 0.15) is 72.1 Å². The minimum absolute atomic E-state index is 0.300. The van der Waals surface area contributed by atoms with Gasteiger partial charge in [0.05, 0.1) is 13.2 Å². The van der Waals surface area contributed by atoms with E-state index in [0.29, 0.717) is 25.6 Å². The predicted octanol–water partition coefficient (Wildman–Crippen LogP) is 4.12. The maximum atomic E-state index is 12.1. The summed E-state index contributed by atoms with van der Waals surface area (Å²) >= 11 is 0. The van der Waals surface area contributed by atoms with Gasteiger partial charge in [0, 0.05) is 0 Å². The predicted molar refractivity (Wildman–Crippen MR) is 86.3 cm³/mol. The first-order valence-electron chi connectivity index (χ1n) is 8.95. The Morgan fingerprint density at radius 1 is 0.955 bits per heavy atom. The molecule has 0 saturated heterocycles. The summed E-state index contributed by atoms with van der Waals surface area (Å²) in [6.07, 6.45) is 9.24. The molecule has 1 atom stereocenters. The van der Waals surface area contributed by atoms with Crippen molar-refractivity contribution in [3.8, 4) is 0 Å². The van der Waals surface area contributed by atoms with E-state index in [9.17, 15) is 9.59 Å². The van der Waals surface area contributed by atoms with E-state index < -0.39 is 17.9 Å². The molecule has 0 aromatic rings. The molecule has 1 saturated carbocycles. The van der Waals surface area contributed by atoms with E-state index in [1.165, 1.54) is 32.1 Å². The first-order chi connectivity index (χ1) is 10.6. The third-order valence-electron chi connectivity index (χ3n) is 4.68. The lowest BCUT2D eigenvalue weighted by molar-refractivity contribution is -0.162. The lowest BCUT2D eigenvalue weighted by Gasteiger charge is -2.27. The second-order valence-electron chi connectivity index (χ2n) is 6.31. The second-order valence-corrected chi connectivity index (χ2v) is 6.31. The van der Waals surface area contributed by atoms with Gasteiger partial charge in [-0.05, 0) is 38.5 Å². The number of hydrogen-bond donors (Lipinski definition) is 0. The molecule has 1 aliphatic rings. The standard InChI is InChI=1S/C18H32O4/c1-4-14(12-15-10-8-7-9-11-15)13-16(17(19)21-5-2)18(20)22-6-3/h14-16H,4-13H2,1-3H3. The molecule has 0 aliphatic heterocycles. The normalized spacial score (nSPS) is 17.3. The number of rotatable bonds is 9. The molecule has 128 valence electrons. The fraction of sp³-hybridized carbons (Fsp3) is 0.889. The number of ether oxygens (including phenoxy) is 2. The van der Waals surface area contributed by atoms with Crippen LogP contribution in [0.3, 0.4) is 0 Å². The molecule has 4 nitrogen and oxygen atoms in total. The van der Waals surface area contributed by atoms with Gasteiger partial charge in [-0.2, -0.15) is 0 Å². The minimum atomic E-state index is -0.756. The summed E-state index contributed by atoms with van der Waals surface area (Å²) in [6, 6.07) is 0. The summed E-state index contributed by atoms with van der Waals surface area (Å²) < 4.78 is 10.1. The summed E-state index contributed by atoms with van der Waals surface area (Å²) in [4.78, 5) is 24.2. The number of carbonyl (C=O) groups excluding carboxylic acids is 2. The highest BCUT2D eigenvalue weighted by Crippen LogP contribution is 2.33. The number of hydrogen-bond acceptors (Lipinski definition) is 4. The molecule has 1 fully saturated rings. The van der Waals surface area contributed by atoms with Crippen LogP contribution < -0.4 is 0 Å². The zero-order valence-electron chi connectivity index (χ0n) is 14.4. The molecule has 0 amide bonds. The Kier molecular flexibility index (Phi) is 9.17. The van der Waals surface area contributed by atoms with Crippen LogP contribution in [0.5, 0.6) is 0 Å². The van der Waals surface area contributed by atoms with Crippen molar-refractivity contribution in [1.82, 2.24) is 0 Å². The van der Waals surface area contributed by atoms with E-state index >= 15 is 0 Å². The SMILES string of the molecule is CCOC(=O)C(CC(CC)CC1CCCCC1)C(=O)OCC. The van der Waals surface area contributed by atoms with Gasteiger partial charge in [0.25, 0.3) is 0 Å². The molecular weight excluding hydrogens is 280 g/mol. The van der Waals surface area contributed by atoms with Crippen LogP contribution in [0, 0.1) is 17.8 Å². The third kappa shape index (κ3) is 6.37. The second kappa shape index (κ2) is 10.6. The Balaban J connectivity index is 2.62. The van der Waals surface area contributed by atoms with E-state index in [4.69, 9.17) is 9.47 Å². The molecule has 1 rings (SSSR count). The topological polar surface area (TPSA) is 52.6 Å². The van der Waals surface area contributed by atoms with Crippen molar-refractivity contribution in [2.24, 2.45) is 17.8 Å². The Bertz CT molecular complexity index is 316. The van der Waals surface area contributed by atoms with Crippen LogP contribution in [-0.4, -0.2) is 25.2 Å². The fourth-order valence-electron chi connectivity index (χ4n) is 3.43. The molecule has 0 bridgehead atoms. The minimum Gasteiger partial charge on any atom is -0.465 e. The largest absolute Gasteiger partial charge is 0.465 e. The van der Waals surface area contributed by atoms with Crippen molar-refractivity contribution >= 4 is 11.9 Å². The van der Waals surface area contributed by atoms with Crippen LogP contribution in [0.25, 0.3) is 0 Å². The van der Waals surface area contributed by atoms with Crippen molar-refractivity contribution in [1.29, 1.82) is 0 Å². The van der Waals surface area contributed by atoms with Crippen molar-refractivity contribution in [2.75, 3.05) is 13.2 Å². The van der Waals surface area contributed by atoms with Gasteiger partial charge in [0.1, 0.15) is 0 Å². The Labute approximate surface area is 134 Å². The Morgan fingerprint density at radius 3 is 1.95 bits per heavy atom. The van der Waals surface area contributed by atoms with Crippen molar-refractivity contribution in [3.63, 3.8) is 0 Å². The average molecular weight is 312 g/mol. The van der Waals surface area contributed by atoms with E-state index in [2.05, 4.69) is 6.92 Å². The van der Waals surface area contributed by atoms with Gasteiger partial charge in [-0.15, -0.1) is 0 Å². The van der Waals surface area contributed by atoms with Gasteiger partial charge in [-0.25, -0.2) is 0 Å². The zero-order chi connectivity index (χ0) is 16.4. The molecular formula is C18H32O4. The van der Waals surface area contributed by atoms with E-state index in [0.717, 1.165) is 18.8 Å². The highest BCUT2D eigenvalue weighted by atomic mass is 16.6. The van der Waals surface area contributed by atoms with Gasteiger partial charge >= 0.3 is 11.9 Å². The van der Waals surface area contributed by atoms with E-state index in [1.54, 1.807) is 13.8 Å². The zero-order valence-corrected chi connectivity index (χ0v) is 14.4. The Morgan fingerprint density at radius 2 is 1.50 bits per heavy atom. The molecule has 0 aromatic carbocycles. The van der Waals surface area contributed by atoms with E-state index in [1.807, 2.05) is 0 Å². The van der Waals surface area contributed by atoms with E-state index in [-0.39, 0.29) is 0 Å². The summed E-state index contributed by atoms with van der Waals surface area (Å²) in [5.41, 5.74) is 0. The third-order valence-corrected chi connectivity index (χ3v) is 4.68. The first kappa shape index (κ1) is 19.0. The summed E-state index contributed by atoms with van der Waals surface area (Å²) in [5.74, 6) is -0.467. The number of esters is 2. The monoisotopic (exact) mass is 312 g/mol. The Hall–Kier alpha value is -1.06. The van der Waals surface area contributed by atoms with Crippen LogP contribution in [0.15, 0.2) is 0 Å². The van der Waals surface area contributed by atoms with Crippen LogP contribution in [0.4, 0.5) is 0 Å². The van der Waals surface area contributed by atoms with Gasteiger partial charge < -0.3 is 9.47 Å². The molecule has 1 unspecified atom stereocenters. The first-order valence-corrected chi connectivity index (χ1v) is 8.95. The summed E-state index contributed by atoms with van der Waals surface area (Å²) in [6.45, 7) is 6.27. The van der Waals surface area contributed by atoms with Gasteiger partial charge in [0.2, 0.25) is 0 Å². The highest BCUT2D eigenvalue weighted by Gasteiger charge is 2.32. The average Bonchev–Trinajstić information content (AvgIpc) is 2.52. The van der Waals surface area contributed by atoms with Crippen molar-refractivity contribution < 1.29 is 19.1 Å². The summed E-state index contributed by atoms with van der Waals surface area (Å²) in [5, 5.41) is 0. The molecule has 0 N–H and O–H groups in total. The smallest absolute Gasteiger partial charge is 0.320 e. The van der Waals surface area contributed by atoms with Crippen molar-refractivity contribution in [2.45, 2.75) is 72.1 Å². The molecule has 0 radical (unpaired) electrons. The molecule has 0 aromatic heterocycles. The lowest BCUT2D eigenvalue weighted by Crippen LogP contribution is -2.30. The highest BCUT2D eigenvalue weighted by molar-refractivity contribution is 5.94. The number of carbonyl (C=O) groups is 2. The van der Waals surface area contributed by atoms with Gasteiger partial charge in [0.15, 0.2) is 5.92 Å². The summed E-state index contributed by atoms with van der Waals surface area (Å²) in [7, 11) is 0. The van der Waals surface area contributed by atoms with Gasteiger partial charge in [-0.1, -0.05) is 45.4 Å². The molecule has 0 heterocycles. The quantitative estimate of drug-likeness (QED) is 0.475. The lowest BCUT2D eigenvalue weighted by atomic mass is 9.79. The molecule has 0 spiro atoms. The molecule has 4 heteroatoms. The van der Waals surface area contributed by atoms with Crippen LogP contribution in [-0.2, 0) is 19.1 Å². The van der Waals surface area contributed by atoms with Crippen LogP contribution >= 0.6 is 0 Å². The van der Waals surface area contributed by atoms with Gasteiger partial charge in [-0.3, -0.25) is 9.59 Å². The maximum Gasteiger partial charge on any atom is 0.320 e. The fourth-order valence-corrected chi connectivity index (χ4v) is 3.43. The van der Waals surface area contributed by atoms with Crippen LogP contribution in [0.2, 0.25) is 0 Å².